The molecule has 0 radical (unpaired) electrons. The zero-order valence-corrected chi connectivity index (χ0v) is 14.8. The molecular weight excluding hydrogens is 330 g/mol. The van der Waals surface area contributed by atoms with E-state index in [0.717, 1.165) is 35.1 Å². The Kier molecular flexibility index (Phi) is 4.12. The molecule has 1 aliphatic rings. The molecule has 0 bridgehead atoms. The lowest BCUT2D eigenvalue weighted by Gasteiger charge is -2.12. The number of aliphatic hydroxyl groups excluding tert-OH is 1. The molecule has 134 valence electrons. The summed E-state index contributed by atoms with van der Waals surface area (Å²) in [7, 11) is 0. The minimum Gasteiger partial charge on any atom is -0.489 e. The topological polar surface area (TPSA) is 94.4 Å². The normalized spacial score (nSPS) is 16.1. The van der Waals surface area contributed by atoms with Crippen LogP contribution >= 0.6 is 0 Å². The molecule has 4 rings (SSSR count). The van der Waals surface area contributed by atoms with Crippen LogP contribution in [-0.4, -0.2) is 21.4 Å². The van der Waals surface area contributed by atoms with Crippen molar-refractivity contribution in [3.05, 3.63) is 47.5 Å². The summed E-state index contributed by atoms with van der Waals surface area (Å²) < 4.78 is 11.1. The molecule has 1 atom stereocenters. The van der Waals surface area contributed by atoms with E-state index in [9.17, 15) is 5.11 Å². The standard InChI is InChI=1S/C20H21N3O3/c1-11(2)25-18-9-6-12(10-16(18)21)20-22-19(23-26-20)15-5-3-4-14-13(15)7-8-17(14)24/h3-6,9-11,17,24H,7-8,21H2,1-2H3/t17-/m1/s1. The van der Waals surface area contributed by atoms with E-state index in [4.69, 9.17) is 15.0 Å². The predicted molar refractivity (Wildman–Crippen MR) is 98.6 cm³/mol. The molecule has 6 heteroatoms. The molecule has 3 aromatic rings. The number of ether oxygens (including phenoxy) is 1. The Morgan fingerprint density at radius 2 is 2.12 bits per heavy atom. The fourth-order valence-electron chi connectivity index (χ4n) is 3.33. The minimum absolute atomic E-state index is 0.0497. The lowest BCUT2D eigenvalue weighted by Crippen LogP contribution is -2.07. The van der Waals surface area contributed by atoms with Crippen molar-refractivity contribution in [2.24, 2.45) is 0 Å². The number of benzene rings is 2. The number of nitrogens with zero attached hydrogens (tertiary/aromatic N) is 2. The largest absolute Gasteiger partial charge is 0.489 e. The summed E-state index contributed by atoms with van der Waals surface area (Å²) in [4.78, 5) is 4.53. The highest BCUT2D eigenvalue weighted by molar-refractivity contribution is 5.68. The molecule has 0 amide bonds. The van der Waals surface area contributed by atoms with Gasteiger partial charge in [0.25, 0.3) is 5.89 Å². The molecule has 1 aromatic heterocycles. The number of aliphatic hydroxyl groups is 1. The van der Waals surface area contributed by atoms with Gasteiger partial charge >= 0.3 is 0 Å². The highest BCUT2D eigenvalue weighted by Gasteiger charge is 2.25. The van der Waals surface area contributed by atoms with Crippen LogP contribution in [0.25, 0.3) is 22.8 Å². The van der Waals surface area contributed by atoms with Crippen LogP contribution in [0.2, 0.25) is 0 Å². The number of nitrogens with two attached hydrogens (primary N) is 1. The van der Waals surface area contributed by atoms with Gasteiger partial charge in [-0.25, -0.2) is 0 Å². The first-order valence-corrected chi connectivity index (χ1v) is 8.73. The van der Waals surface area contributed by atoms with Gasteiger partial charge in [-0.05, 0) is 56.0 Å². The van der Waals surface area contributed by atoms with E-state index in [1.165, 1.54) is 0 Å². The van der Waals surface area contributed by atoms with Gasteiger partial charge in [0.1, 0.15) is 5.75 Å². The van der Waals surface area contributed by atoms with Crippen LogP contribution in [-0.2, 0) is 6.42 Å². The molecule has 1 aliphatic carbocycles. The minimum atomic E-state index is -0.412. The third-order valence-electron chi connectivity index (χ3n) is 4.53. The highest BCUT2D eigenvalue weighted by atomic mass is 16.5. The Balaban J connectivity index is 1.67. The first kappa shape index (κ1) is 16.6. The number of aromatic nitrogens is 2. The Morgan fingerprint density at radius 1 is 1.27 bits per heavy atom. The fraction of sp³-hybridized carbons (Fsp3) is 0.300. The maximum Gasteiger partial charge on any atom is 0.258 e. The second-order valence-corrected chi connectivity index (χ2v) is 6.77. The average Bonchev–Trinajstić information content (AvgIpc) is 3.24. The van der Waals surface area contributed by atoms with Gasteiger partial charge in [0.15, 0.2) is 0 Å². The second kappa shape index (κ2) is 6.46. The van der Waals surface area contributed by atoms with E-state index in [-0.39, 0.29) is 6.10 Å². The molecule has 6 nitrogen and oxygen atoms in total. The summed E-state index contributed by atoms with van der Waals surface area (Å²) in [6.45, 7) is 3.90. The maximum atomic E-state index is 10.1. The Bertz CT molecular complexity index is 949. The lowest BCUT2D eigenvalue weighted by molar-refractivity contribution is 0.180. The van der Waals surface area contributed by atoms with Crippen LogP contribution in [0.15, 0.2) is 40.9 Å². The summed E-state index contributed by atoms with van der Waals surface area (Å²) in [5.41, 5.74) is 10.3. The van der Waals surface area contributed by atoms with Crippen molar-refractivity contribution in [1.82, 2.24) is 10.1 Å². The smallest absolute Gasteiger partial charge is 0.258 e. The zero-order chi connectivity index (χ0) is 18.3. The first-order chi connectivity index (χ1) is 12.5. The van der Waals surface area contributed by atoms with Crippen molar-refractivity contribution in [3.63, 3.8) is 0 Å². The zero-order valence-electron chi connectivity index (χ0n) is 14.8. The van der Waals surface area contributed by atoms with Crippen molar-refractivity contribution in [3.8, 4) is 28.6 Å². The molecule has 3 N–H and O–H groups in total. The van der Waals surface area contributed by atoms with Crippen LogP contribution in [0.5, 0.6) is 5.75 Å². The van der Waals surface area contributed by atoms with Crippen LogP contribution < -0.4 is 10.5 Å². The van der Waals surface area contributed by atoms with Gasteiger partial charge in [-0.15, -0.1) is 0 Å². The summed E-state index contributed by atoms with van der Waals surface area (Å²) in [6.07, 6.45) is 1.17. The maximum absolute atomic E-state index is 10.1. The summed E-state index contributed by atoms with van der Waals surface area (Å²) in [5.74, 6) is 1.56. The molecule has 2 aromatic carbocycles. The number of hydrogen-bond donors (Lipinski definition) is 2. The summed E-state index contributed by atoms with van der Waals surface area (Å²) in [6, 6.07) is 11.3. The number of fused-ring (bicyclic) bond motifs is 1. The molecule has 0 aliphatic heterocycles. The molecule has 0 saturated carbocycles. The first-order valence-electron chi connectivity index (χ1n) is 8.73. The Labute approximate surface area is 151 Å². The molecule has 26 heavy (non-hydrogen) atoms. The van der Waals surface area contributed by atoms with E-state index < -0.39 is 6.10 Å². The van der Waals surface area contributed by atoms with Crippen LogP contribution in [0.1, 0.15) is 37.5 Å². The molecular formula is C20H21N3O3. The van der Waals surface area contributed by atoms with Gasteiger partial charge in [-0.3, -0.25) is 0 Å². The highest BCUT2D eigenvalue weighted by Crippen LogP contribution is 2.37. The molecule has 0 unspecified atom stereocenters. The lowest BCUT2D eigenvalue weighted by atomic mass is 10.0. The molecule has 0 spiro atoms. The molecule has 0 saturated heterocycles. The number of anilines is 1. The third-order valence-corrected chi connectivity index (χ3v) is 4.53. The van der Waals surface area contributed by atoms with Gasteiger partial charge < -0.3 is 20.1 Å². The van der Waals surface area contributed by atoms with Gasteiger partial charge in [0.05, 0.1) is 17.9 Å². The quantitative estimate of drug-likeness (QED) is 0.695. The molecule has 1 heterocycles. The summed E-state index contributed by atoms with van der Waals surface area (Å²) in [5, 5.41) is 14.2. The monoisotopic (exact) mass is 351 g/mol. The van der Waals surface area contributed by atoms with Crippen LogP contribution in [0.4, 0.5) is 5.69 Å². The fourth-order valence-corrected chi connectivity index (χ4v) is 3.33. The number of nitrogen functional groups attached to an aromatic ring is 1. The Morgan fingerprint density at radius 3 is 2.88 bits per heavy atom. The third kappa shape index (κ3) is 2.93. The van der Waals surface area contributed by atoms with E-state index in [1.807, 2.05) is 44.2 Å². The average molecular weight is 351 g/mol. The van der Waals surface area contributed by atoms with E-state index in [1.54, 1.807) is 6.07 Å². The van der Waals surface area contributed by atoms with Crippen molar-refractivity contribution in [2.45, 2.75) is 38.9 Å². The predicted octanol–water partition coefficient (Wildman–Crippen LogP) is 3.75. The Hall–Kier alpha value is -2.86. The van der Waals surface area contributed by atoms with Gasteiger partial charge in [-0.2, -0.15) is 4.98 Å². The van der Waals surface area contributed by atoms with E-state index in [0.29, 0.717) is 23.2 Å². The van der Waals surface area contributed by atoms with Gasteiger partial charge in [0.2, 0.25) is 5.82 Å². The van der Waals surface area contributed by atoms with Gasteiger partial charge in [-0.1, -0.05) is 23.4 Å². The van der Waals surface area contributed by atoms with Crippen LogP contribution in [0, 0.1) is 0 Å². The SMILES string of the molecule is CC(C)Oc1ccc(-c2nc(-c3cccc4c3CC[C@H]4O)no2)cc1N. The van der Waals surface area contributed by atoms with Crippen LogP contribution in [0.3, 0.4) is 0 Å². The van der Waals surface area contributed by atoms with Crippen molar-refractivity contribution >= 4 is 5.69 Å². The number of rotatable bonds is 4. The summed E-state index contributed by atoms with van der Waals surface area (Å²) >= 11 is 0. The van der Waals surface area contributed by atoms with Gasteiger partial charge in [0, 0.05) is 11.1 Å². The second-order valence-electron chi connectivity index (χ2n) is 6.77. The van der Waals surface area contributed by atoms with E-state index >= 15 is 0 Å². The van der Waals surface area contributed by atoms with Crippen molar-refractivity contribution in [2.75, 3.05) is 5.73 Å². The van der Waals surface area contributed by atoms with E-state index in [2.05, 4.69) is 10.1 Å². The van der Waals surface area contributed by atoms with Crippen molar-refractivity contribution < 1.29 is 14.4 Å². The molecule has 0 fully saturated rings. The van der Waals surface area contributed by atoms with Crippen molar-refractivity contribution in [1.29, 1.82) is 0 Å². The number of hydrogen-bond acceptors (Lipinski definition) is 6.